The molecule has 0 saturated heterocycles. The number of carbonyl (C=O) groups excluding carboxylic acids is 1. The van der Waals surface area contributed by atoms with Crippen LogP contribution in [0.4, 0.5) is 5.69 Å². The van der Waals surface area contributed by atoms with Crippen molar-refractivity contribution in [1.29, 1.82) is 0 Å². The minimum Gasteiger partial charge on any atom is -0.324 e. The summed E-state index contributed by atoms with van der Waals surface area (Å²) in [6.07, 6.45) is 1.77. The number of imidazole rings is 1. The lowest BCUT2D eigenvalue weighted by atomic mass is 10.1. The highest BCUT2D eigenvalue weighted by atomic mass is 79.9. The van der Waals surface area contributed by atoms with Crippen LogP contribution in [0.25, 0.3) is 16.7 Å². The lowest BCUT2D eigenvalue weighted by molar-refractivity contribution is -0.116. The minimum atomic E-state index is -0.607. The van der Waals surface area contributed by atoms with Crippen LogP contribution in [-0.2, 0) is 4.79 Å². The number of nitrogens with one attached hydrogen (secondary N) is 1. The fourth-order valence-electron chi connectivity index (χ4n) is 2.63. The lowest BCUT2D eigenvalue weighted by Gasteiger charge is -2.10. The lowest BCUT2D eigenvalue weighted by Crippen LogP contribution is -2.19. The maximum atomic E-state index is 11.7. The van der Waals surface area contributed by atoms with Crippen molar-refractivity contribution in [3.63, 3.8) is 0 Å². The van der Waals surface area contributed by atoms with E-state index in [1.54, 1.807) is 6.33 Å². The average molecular weight is 343 g/mol. The molecule has 0 fully saturated rings. The Kier molecular flexibility index (Phi) is 2.63. The Bertz CT molecular complexity index is 887. The van der Waals surface area contributed by atoms with E-state index in [2.05, 4.69) is 26.2 Å². The SMILES string of the molecule is NC1C(=O)Nc2cc(-n3cnc4ccccc43)c(Br)cc21. The van der Waals surface area contributed by atoms with Gasteiger partial charge in [0.05, 0.1) is 16.7 Å². The van der Waals surface area contributed by atoms with Crippen LogP contribution < -0.4 is 11.1 Å². The van der Waals surface area contributed by atoms with Crippen molar-refractivity contribution < 1.29 is 4.79 Å². The molecule has 2 heterocycles. The molecule has 0 spiro atoms. The van der Waals surface area contributed by atoms with Gasteiger partial charge in [-0.25, -0.2) is 4.98 Å². The quantitative estimate of drug-likeness (QED) is 0.714. The molecule has 2 aromatic carbocycles. The summed E-state index contributed by atoms with van der Waals surface area (Å²) < 4.78 is 2.85. The van der Waals surface area contributed by atoms with Gasteiger partial charge in [0.15, 0.2) is 0 Å². The first-order valence-electron chi connectivity index (χ1n) is 6.47. The van der Waals surface area contributed by atoms with Crippen molar-refractivity contribution in [3.05, 3.63) is 52.8 Å². The number of para-hydroxylation sites is 2. The zero-order chi connectivity index (χ0) is 14.6. The first-order valence-corrected chi connectivity index (χ1v) is 7.27. The number of rotatable bonds is 1. The van der Waals surface area contributed by atoms with Gasteiger partial charge in [0, 0.05) is 15.7 Å². The number of fused-ring (bicyclic) bond motifs is 2. The molecule has 104 valence electrons. The Hall–Kier alpha value is -2.18. The second-order valence-electron chi connectivity index (χ2n) is 4.96. The first kappa shape index (κ1) is 12.6. The van der Waals surface area contributed by atoms with Crippen molar-refractivity contribution in [1.82, 2.24) is 9.55 Å². The first-order chi connectivity index (χ1) is 10.1. The van der Waals surface area contributed by atoms with Crippen molar-refractivity contribution in [2.75, 3.05) is 5.32 Å². The summed E-state index contributed by atoms with van der Waals surface area (Å²) in [4.78, 5) is 16.1. The van der Waals surface area contributed by atoms with Gasteiger partial charge in [0.25, 0.3) is 0 Å². The van der Waals surface area contributed by atoms with E-state index in [1.807, 2.05) is 41.0 Å². The molecule has 0 aliphatic carbocycles. The van der Waals surface area contributed by atoms with Gasteiger partial charge in [-0.2, -0.15) is 0 Å². The van der Waals surface area contributed by atoms with Crippen molar-refractivity contribution >= 4 is 38.6 Å². The van der Waals surface area contributed by atoms with Crippen LogP contribution in [0.2, 0.25) is 0 Å². The predicted octanol–water partition coefficient (Wildman–Crippen LogP) is 2.74. The van der Waals surface area contributed by atoms with Gasteiger partial charge in [-0.15, -0.1) is 0 Å². The van der Waals surface area contributed by atoms with Crippen LogP contribution in [0.5, 0.6) is 0 Å². The van der Waals surface area contributed by atoms with Gasteiger partial charge >= 0.3 is 0 Å². The molecule has 1 aromatic heterocycles. The van der Waals surface area contributed by atoms with Crippen LogP contribution in [-0.4, -0.2) is 15.5 Å². The molecule has 6 heteroatoms. The highest BCUT2D eigenvalue weighted by molar-refractivity contribution is 9.10. The molecule has 3 aromatic rings. The summed E-state index contributed by atoms with van der Waals surface area (Å²) in [5.41, 5.74) is 10.3. The molecule has 1 amide bonds. The minimum absolute atomic E-state index is 0.176. The molecule has 0 saturated carbocycles. The number of carbonyl (C=O) groups is 1. The third-order valence-corrected chi connectivity index (χ3v) is 4.34. The molecule has 0 radical (unpaired) electrons. The van der Waals surface area contributed by atoms with Crippen LogP contribution >= 0.6 is 15.9 Å². The molecular weight excluding hydrogens is 332 g/mol. The average Bonchev–Trinajstić information content (AvgIpc) is 3.02. The summed E-state index contributed by atoms with van der Waals surface area (Å²) >= 11 is 3.56. The molecule has 4 rings (SSSR count). The van der Waals surface area contributed by atoms with E-state index in [9.17, 15) is 4.79 Å². The molecule has 1 aliphatic heterocycles. The Labute approximate surface area is 128 Å². The summed E-state index contributed by atoms with van der Waals surface area (Å²) in [5, 5.41) is 2.81. The topological polar surface area (TPSA) is 72.9 Å². The molecule has 0 bridgehead atoms. The van der Waals surface area contributed by atoms with Crippen LogP contribution in [0.1, 0.15) is 11.6 Å². The fourth-order valence-corrected chi connectivity index (χ4v) is 3.18. The van der Waals surface area contributed by atoms with E-state index in [4.69, 9.17) is 5.73 Å². The van der Waals surface area contributed by atoms with E-state index >= 15 is 0 Å². The fraction of sp³-hybridized carbons (Fsp3) is 0.0667. The Balaban J connectivity index is 1.94. The van der Waals surface area contributed by atoms with Gasteiger partial charge < -0.3 is 11.1 Å². The Morgan fingerprint density at radius 3 is 2.95 bits per heavy atom. The summed E-state index contributed by atoms with van der Waals surface area (Å²) in [6.45, 7) is 0. The largest absolute Gasteiger partial charge is 0.324 e. The monoisotopic (exact) mass is 342 g/mol. The van der Waals surface area contributed by atoms with Crippen molar-refractivity contribution in [2.24, 2.45) is 5.73 Å². The second kappa shape index (κ2) is 4.41. The summed E-state index contributed by atoms with van der Waals surface area (Å²) in [7, 11) is 0. The number of nitrogens with two attached hydrogens (primary N) is 1. The predicted molar refractivity (Wildman–Crippen MR) is 84.3 cm³/mol. The number of hydrogen-bond donors (Lipinski definition) is 2. The molecular formula is C15H11BrN4O. The zero-order valence-corrected chi connectivity index (χ0v) is 12.5. The summed E-state index contributed by atoms with van der Waals surface area (Å²) in [5.74, 6) is -0.176. The number of anilines is 1. The number of halogens is 1. The van der Waals surface area contributed by atoms with E-state index in [-0.39, 0.29) is 5.91 Å². The number of aromatic nitrogens is 2. The van der Waals surface area contributed by atoms with Gasteiger partial charge in [0.2, 0.25) is 5.91 Å². The third kappa shape index (κ3) is 1.80. The molecule has 21 heavy (non-hydrogen) atoms. The summed E-state index contributed by atoms with van der Waals surface area (Å²) in [6, 6.07) is 11.1. The maximum absolute atomic E-state index is 11.7. The van der Waals surface area contributed by atoms with Crippen molar-refractivity contribution in [3.8, 4) is 5.69 Å². The molecule has 1 unspecified atom stereocenters. The van der Waals surface area contributed by atoms with Crippen LogP contribution in [0.3, 0.4) is 0 Å². The van der Waals surface area contributed by atoms with E-state index < -0.39 is 6.04 Å². The normalized spacial score (nSPS) is 17.0. The zero-order valence-electron chi connectivity index (χ0n) is 10.9. The van der Waals surface area contributed by atoms with Gasteiger partial charge in [-0.3, -0.25) is 9.36 Å². The van der Waals surface area contributed by atoms with E-state index in [0.717, 1.165) is 32.4 Å². The van der Waals surface area contributed by atoms with Crippen molar-refractivity contribution in [2.45, 2.75) is 6.04 Å². The molecule has 5 nitrogen and oxygen atoms in total. The standard InChI is InChI=1S/C15H11BrN4O/c16-9-5-8-11(19-15(21)14(8)17)6-13(9)20-7-18-10-3-1-2-4-12(10)20/h1-7,14H,17H2,(H,19,21). The smallest absolute Gasteiger partial charge is 0.245 e. The van der Waals surface area contributed by atoms with E-state index in [1.165, 1.54) is 0 Å². The van der Waals surface area contributed by atoms with Crippen LogP contribution in [0, 0.1) is 0 Å². The van der Waals surface area contributed by atoms with Crippen LogP contribution in [0.15, 0.2) is 47.2 Å². The molecule has 3 N–H and O–H groups in total. The maximum Gasteiger partial charge on any atom is 0.245 e. The third-order valence-electron chi connectivity index (χ3n) is 3.71. The van der Waals surface area contributed by atoms with Gasteiger partial charge in [0.1, 0.15) is 12.4 Å². The van der Waals surface area contributed by atoms with Gasteiger partial charge in [-0.1, -0.05) is 12.1 Å². The van der Waals surface area contributed by atoms with E-state index in [0.29, 0.717) is 0 Å². The number of nitrogens with zero attached hydrogens (tertiary/aromatic N) is 2. The highest BCUT2D eigenvalue weighted by Crippen LogP contribution is 2.36. The Morgan fingerprint density at radius 1 is 1.29 bits per heavy atom. The highest BCUT2D eigenvalue weighted by Gasteiger charge is 2.28. The molecule has 1 atom stereocenters. The second-order valence-corrected chi connectivity index (χ2v) is 5.82. The Morgan fingerprint density at radius 2 is 2.10 bits per heavy atom. The number of benzene rings is 2. The number of hydrogen-bond acceptors (Lipinski definition) is 3. The van der Waals surface area contributed by atoms with Gasteiger partial charge in [-0.05, 0) is 40.2 Å². The molecule has 1 aliphatic rings. The number of amides is 1.